The van der Waals surface area contributed by atoms with Crippen LogP contribution in [0.4, 0.5) is 0 Å². The number of unbranched alkanes of at least 4 members (excludes halogenated alkanes) is 3. The maximum Gasteiger partial charge on any atom is 0.309 e. The number of esters is 2. The van der Waals surface area contributed by atoms with Gasteiger partial charge in [-0.2, -0.15) is 0 Å². The van der Waals surface area contributed by atoms with Crippen LogP contribution in [0.2, 0.25) is 0 Å². The van der Waals surface area contributed by atoms with Crippen LogP contribution in [0.5, 0.6) is 0 Å². The molecular formula is C18H34O4. The van der Waals surface area contributed by atoms with Crippen LogP contribution in [-0.4, -0.2) is 25.2 Å². The zero-order valence-corrected chi connectivity index (χ0v) is 14.9. The van der Waals surface area contributed by atoms with Crippen molar-refractivity contribution in [3.63, 3.8) is 0 Å². The smallest absolute Gasteiger partial charge is 0.309 e. The van der Waals surface area contributed by atoms with Crippen LogP contribution in [0.15, 0.2) is 0 Å². The van der Waals surface area contributed by atoms with Crippen LogP contribution in [0.1, 0.15) is 79.1 Å². The molecule has 0 aliphatic heterocycles. The summed E-state index contributed by atoms with van der Waals surface area (Å²) in [6.45, 7) is 9.02. The van der Waals surface area contributed by atoms with Crippen molar-refractivity contribution in [2.24, 2.45) is 11.8 Å². The van der Waals surface area contributed by atoms with Crippen LogP contribution < -0.4 is 0 Å². The molecule has 0 rings (SSSR count). The first-order valence-corrected chi connectivity index (χ1v) is 8.95. The van der Waals surface area contributed by atoms with Crippen molar-refractivity contribution in [1.29, 1.82) is 0 Å². The van der Waals surface area contributed by atoms with E-state index in [9.17, 15) is 9.59 Å². The summed E-state index contributed by atoms with van der Waals surface area (Å²) in [4.78, 5) is 24.6. The highest BCUT2D eigenvalue weighted by Gasteiger charge is 2.34. The van der Waals surface area contributed by atoms with E-state index in [4.69, 9.17) is 9.47 Å². The van der Waals surface area contributed by atoms with Crippen LogP contribution in [0.25, 0.3) is 0 Å². The first kappa shape index (κ1) is 20.9. The van der Waals surface area contributed by atoms with Gasteiger partial charge < -0.3 is 9.47 Å². The highest BCUT2D eigenvalue weighted by molar-refractivity contribution is 5.82. The molecule has 2 atom stereocenters. The van der Waals surface area contributed by atoms with E-state index in [1.807, 2.05) is 6.92 Å². The van der Waals surface area contributed by atoms with Crippen molar-refractivity contribution >= 4 is 11.9 Å². The Bertz CT molecular complexity index is 301. The predicted molar refractivity (Wildman–Crippen MR) is 88.5 cm³/mol. The summed E-state index contributed by atoms with van der Waals surface area (Å²) in [5.74, 6) is -1.22. The van der Waals surface area contributed by atoms with Crippen molar-refractivity contribution in [2.45, 2.75) is 79.1 Å². The lowest BCUT2D eigenvalue weighted by molar-refractivity contribution is -0.161. The Kier molecular flexibility index (Phi) is 12.9. The SMILES string of the molecule is CCCCOC(=O)C(CC)C(CCCC)C(=O)OCCCC. The van der Waals surface area contributed by atoms with Crippen molar-refractivity contribution in [2.75, 3.05) is 13.2 Å². The average molecular weight is 314 g/mol. The molecule has 0 radical (unpaired) electrons. The summed E-state index contributed by atoms with van der Waals surface area (Å²) in [6, 6.07) is 0. The van der Waals surface area contributed by atoms with Gasteiger partial charge >= 0.3 is 11.9 Å². The molecule has 4 heteroatoms. The van der Waals surface area contributed by atoms with Gasteiger partial charge in [-0.25, -0.2) is 0 Å². The number of hydrogen-bond donors (Lipinski definition) is 0. The first-order chi connectivity index (χ1) is 10.6. The first-order valence-electron chi connectivity index (χ1n) is 8.95. The lowest BCUT2D eigenvalue weighted by Gasteiger charge is -2.23. The molecule has 0 aliphatic rings. The summed E-state index contributed by atoms with van der Waals surface area (Å²) in [7, 11) is 0. The van der Waals surface area contributed by atoms with Gasteiger partial charge in [0.25, 0.3) is 0 Å². The second-order valence-corrected chi connectivity index (χ2v) is 5.81. The molecule has 0 saturated carbocycles. The Morgan fingerprint density at radius 3 is 1.59 bits per heavy atom. The van der Waals surface area contributed by atoms with Crippen molar-refractivity contribution in [3.05, 3.63) is 0 Å². The maximum atomic E-state index is 12.3. The molecule has 0 amide bonds. The maximum absolute atomic E-state index is 12.3. The van der Waals surface area contributed by atoms with Gasteiger partial charge in [0.2, 0.25) is 0 Å². The third-order valence-corrected chi connectivity index (χ3v) is 3.88. The Labute approximate surface area is 135 Å². The molecule has 0 spiro atoms. The quantitative estimate of drug-likeness (QED) is 0.371. The van der Waals surface area contributed by atoms with E-state index in [0.29, 0.717) is 26.1 Å². The van der Waals surface area contributed by atoms with Gasteiger partial charge in [0.15, 0.2) is 0 Å². The lowest BCUT2D eigenvalue weighted by Crippen LogP contribution is -2.32. The monoisotopic (exact) mass is 314 g/mol. The highest BCUT2D eigenvalue weighted by Crippen LogP contribution is 2.25. The molecule has 0 aromatic carbocycles. The molecular weight excluding hydrogens is 280 g/mol. The molecule has 0 N–H and O–H groups in total. The molecule has 0 saturated heterocycles. The second-order valence-electron chi connectivity index (χ2n) is 5.81. The fraction of sp³-hybridized carbons (Fsp3) is 0.889. The second kappa shape index (κ2) is 13.6. The van der Waals surface area contributed by atoms with E-state index in [1.165, 1.54) is 0 Å². The van der Waals surface area contributed by atoms with E-state index in [1.54, 1.807) is 0 Å². The van der Waals surface area contributed by atoms with Crippen LogP contribution in [0.3, 0.4) is 0 Å². The van der Waals surface area contributed by atoms with Crippen molar-refractivity contribution < 1.29 is 19.1 Å². The number of ether oxygens (including phenoxy) is 2. The zero-order valence-electron chi connectivity index (χ0n) is 14.9. The summed E-state index contributed by atoms with van der Waals surface area (Å²) in [6.07, 6.45) is 6.94. The normalized spacial score (nSPS) is 13.5. The van der Waals surface area contributed by atoms with Gasteiger partial charge in [-0.05, 0) is 25.7 Å². The van der Waals surface area contributed by atoms with E-state index < -0.39 is 0 Å². The number of hydrogen-bond acceptors (Lipinski definition) is 4. The fourth-order valence-corrected chi connectivity index (χ4v) is 2.37. The van der Waals surface area contributed by atoms with E-state index in [-0.39, 0.29) is 23.8 Å². The van der Waals surface area contributed by atoms with E-state index in [2.05, 4.69) is 20.8 Å². The van der Waals surface area contributed by atoms with Crippen LogP contribution in [-0.2, 0) is 19.1 Å². The molecule has 0 heterocycles. The topological polar surface area (TPSA) is 52.6 Å². The minimum atomic E-state index is -0.377. The largest absolute Gasteiger partial charge is 0.465 e. The van der Waals surface area contributed by atoms with Gasteiger partial charge in [-0.1, -0.05) is 53.4 Å². The van der Waals surface area contributed by atoms with Crippen molar-refractivity contribution in [3.8, 4) is 0 Å². The Morgan fingerprint density at radius 1 is 0.727 bits per heavy atom. The summed E-state index contributed by atoms with van der Waals surface area (Å²) < 4.78 is 10.7. The van der Waals surface area contributed by atoms with Gasteiger partial charge in [0.1, 0.15) is 0 Å². The molecule has 0 aromatic rings. The Balaban J connectivity index is 4.70. The highest BCUT2D eigenvalue weighted by atomic mass is 16.5. The van der Waals surface area contributed by atoms with Gasteiger partial charge in [-0.3, -0.25) is 9.59 Å². The lowest BCUT2D eigenvalue weighted by atomic mass is 9.86. The van der Waals surface area contributed by atoms with Gasteiger partial charge in [-0.15, -0.1) is 0 Å². The van der Waals surface area contributed by atoms with Crippen molar-refractivity contribution in [1.82, 2.24) is 0 Å². The molecule has 22 heavy (non-hydrogen) atoms. The standard InChI is InChI=1S/C18H34O4/c1-5-9-12-16(18(20)22-14-11-7-3)15(8-4)17(19)21-13-10-6-2/h15-16H,5-14H2,1-4H3. The average Bonchev–Trinajstić information content (AvgIpc) is 2.51. The Hall–Kier alpha value is -1.06. The van der Waals surface area contributed by atoms with Crippen LogP contribution >= 0.6 is 0 Å². The molecule has 0 aliphatic carbocycles. The van der Waals surface area contributed by atoms with Crippen LogP contribution in [0, 0.1) is 11.8 Å². The minimum absolute atomic E-state index is 0.235. The number of rotatable bonds is 13. The summed E-state index contributed by atoms with van der Waals surface area (Å²) in [5.41, 5.74) is 0. The third kappa shape index (κ3) is 8.40. The van der Waals surface area contributed by atoms with Gasteiger partial charge in [0.05, 0.1) is 25.0 Å². The molecule has 0 aromatic heterocycles. The number of carbonyl (C=O) groups excluding carboxylic acids is 2. The minimum Gasteiger partial charge on any atom is -0.465 e. The molecule has 2 unspecified atom stereocenters. The molecule has 4 nitrogen and oxygen atoms in total. The van der Waals surface area contributed by atoms with E-state index >= 15 is 0 Å². The summed E-state index contributed by atoms with van der Waals surface area (Å²) in [5, 5.41) is 0. The van der Waals surface area contributed by atoms with Gasteiger partial charge in [0, 0.05) is 0 Å². The Morgan fingerprint density at radius 2 is 1.18 bits per heavy atom. The molecule has 0 fully saturated rings. The fourth-order valence-electron chi connectivity index (χ4n) is 2.37. The number of carbonyl (C=O) groups is 2. The summed E-state index contributed by atoms with van der Waals surface area (Å²) >= 11 is 0. The predicted octanol–water partition coefficient (Wildman–Crippen LogP) is 4.51. The molecule has 130 valence electrons. The van der Waals surface area contributed by atoms with E-state index in [0.717, 1.165) is 38.5 Å². The zero-order chi connectivity index (χ0) is 16.8. The molecule has 0 bridgehead atoms. The third-order valence-electron chi connectivity index (χ3n) is 3.88.